The SMILES string of the molecule is O=C(NNC(=O)N1CCCC1c1ccc2c(c1)OCO2)c1ccc2ccccc2c1. The molecule has 0 spiro atoms. The quantitative estimate of drug-likeness (QED) is 0.639. The average Bonchev–Trinajstić information content (AvgIpc) is 3.45. The molecule has 7 nitrogen and oxygen atoms in total. The van der Waals surface area contributed by atoms with Gasteiger partial charge in [-0.15, -0.1) is 0 Å². The zero-order valence-electron chi connectivity index (χ0n) is 16.3. The van der Waals surface area contributed by atoms with Crippen molar-refractivity contribution in [2.45, 2.75) is 18.9 Å². The van der Waals surface area contributed by atoms with E-state index in [1.165, 1.54) is 0 Å². The molecule has 5 rings (SSSR count). The monoisotopic (exact) mass is 403 g/mol. The molecule has 2 heterocycles. The van der Waals surface area contributed by atoms with Crippen LogP contribution in [0.25, 0.3) is 10.8 Å². The van der Waals surface area contributed by atoms with Crippen molar-refractivity contribution < 1.29 is 19.1 Å². The molecule has 3 aromatic carbocycles. The third kappa shape index (κ3) is 3.39. The van der Waals surface area contributed by atoms with E-state index >= 15 is 0 Å². The van der Waals surface area contributed by atoms with Crippen molar-refractivity contribution in [2.24, 2.45) is 0 Å². The first-order valence-electron chi connectivity index (χ1n) is 9.94. The van der Waals surface area contributed by atoms with Gasteiger partial charge in [-0.2, -0.15) is 0 Å². The summed E-state index contributed by atoms with van der Waals surface area (Å²) in [6, 6.07) is 18.6. The average molecular weight is 403 g/mol. The van der Waals surface area contributed by atoms with E-state index in [0.717, 1.165) is 34.9 Å². The summed E-state index contributed by atoms with van der Waals surface area (Å²) >= 11 is 0. The lowest BCUT2D eigenvalue weighted by Crippen LogP contribution is -2.48. The van der Waals surface area contributed by atoms with Gasteiger partial charge in [0.15, 0.2) is 11.5 Å². The van der Waals surface area contributed by atoms with Crippen LogP contribution in [0, 0.1) is 0 Å². The number of nitrogens with one attached hydrogen (secondary N) is 2. The summed E-state index contributed by atoms with van der Waals surface area (Å²) in [6.07, 6.45) is 1.75. The fourth-order valence-electron chi connectivity index (χ4n) is 4.06. The number of nitrogens with zero attached hydrogens (tertiary/aromatic N) is 1. The van der Waals surface area contributed by atoms with Crippen molar-refractivity contribution in [2.75, 3.05) is 13.3 Å². The third-order valence-electron chi connectivity index (χ3n) is 5.59. The number of likely N-dealkylation sites (tertiary alicyclic amines) is 1. The summed E-state index contributed by atoms with van der Waals surface area (Å²) in [5.74, 6) is 1.06. The molecular weight excluding hydrogens is 382 g/mol. The van der Waals surface area contributed by atoms with E-state index in [4.69, 9.17) is 9.47 Å². The van der Waals surface area contributed by atoms with E-state index in [0.29, 0.717) is 17.9 Å². The molecule has 0 aromatic heterocycles. The van der Waals surface area contributed by atoms with Crippen LogP contribution < -0.4 is 20.3 Å². The number of amides is 3. The minimum Gasteiger partial charge on any atom is -0.454 e. The second-order valence-corrected chi connectivity index (χ2v) is 7.41. The molecule has 30 heavy (non-hydrogen) atoms. The number of urea groups is 1. The molecule has 1 unspecified atom stereocenters. The Bertz CT molecular complexity index is 1130. The van der Waals surface area contributed by atoms with Crippen molar-refractivity contribution >= 4 is 22.7 Å². The minimum absolute atomic E-state index is 0.0722. The highest BCUT2D eigenvalue weighted by molar-refractivity contribution is 5.99. The van der Waals surface area contributed by atoms with Crippen LogP contribution in [0.1, 0.15) is 34.8 Å². The van der Waals surface area contributed by atoms with Crippen LogP contribution in [-0.2, 0) is 0 Å². The van der Waals surface area contributed by atoms with Crippen molar-refractivity contribution in [3.05, 3.63) is 71.8 Å². The van der Waals surface area contributed by atoms with Crippen LogP contribution in [0.4, 0.5) is 4.79 Å². The molecule has 0 radical (unpaired) electrons. The first kappa shape index (κ1) is 18.3. The standard InChI is InChI=1S/C23H21N3O4/c27-22(18-8-7-15-4-1-2-5-16(15)12-18)24-25-23(28)26-11-3-6-19(26)17-9-10-20-21(13-17)30-14-29-20/h1-2,4-5,7-10,12-13,19H,3,6,11,14H2,(H,24,27)(H,25,28). The van der Waals surface area contributed by atoms with Crippen molar-refractivity contribution in [1.82, 2.24) is 15.8 Å². The lowest BCUT2D eigenvalue weighted by molar-refractivity contribution is 0.0929. The predicted octanol–water partition coefficient (Wildman–Crippen LogP) is 3.76. The number of hydrogen-bond donors (Lipinski definition) is 2. The number of ether oxygens (including phenoxy) is 2. The zero-order chi connectivity index (χ0) is 20.5. The first-order chi connectivity index (χ1) is 14.7. The van der Waals surface area contributed by atoms with Gasteiger partial charge in [-0.3, -0.25) is 10.2 Å². The van der Waals surface area contributed by atoms with Crippen molar-refractivity contribution in [3.63, 3.8) is 0 Å². The van der Waals surface area contributed by atoms with Gasteiger partial charge < -0.3 is 14.4 Å². The van der Waals surface area contributed by atoms with Gasteiger partial charge in [-0.05, 0) is 53.4 Å². The Hall–Kier alpha value is -3.74. The molecule has 2 aliphatic heterocycles. The fraction of sp³-hybridized carbons (Fsp3) is 0.217. The molecule has 2 aliphatic rings. The summed E-state index contributed by atoms with van der Waals surface area (Å²) < 4.78 is 10.8. The molecule has 3 aromatic rings. The summed E-state index contributed by atoms with van der Waals surface area (Å²) in [7, 11) is 0. The number of carbonyl (C=O) groups is 2. The van der Waals surface area contributed by atoms with Gasteiger partial charge in [-0.1, -0.05) is 36.4 Å². The summed E-state index contributed by atoms with van der Waals surface area (Å²) in [5, 5.41) is 2.03. The normalized spacial score (nSPS) is 17.2. The summed E-state index contributed by atoms with van der Waals surface area (Å²) in [4.78, 5) is 27.0. The van der Waals surface area contributed by atoms with Crippen LogP contribution in [-0.4, -0.2) is 30.2 Å². The Morgan fingerprint density at radius 1 is 0.900 bits per heavy atom. The van der Waals surface area contributed by atoms with Crippen molar-refractivity contribution in [3.8, 4) is 11.5 Å². The first-order valence-corrected chi connectivity index (χ1v) is 9.94. The maximum atomic E-state index is 12.8. The predicted molar refractivity (Wildman–Crippen MR) is 111 cm³/mol. The lowest BCUT2D eigenvalue weighted by Gasteiger charge is -2.25. The molecule has 3 amide bonds. The molecular formula is C23H21N3O4. The molecule has 7 heteroatoms. The van der Waals surface area contributed by atoms with Gasteiger partial charge in [0.25, 0.3) is 5.91 Å². The van der Waals surface area contributed by atoms with Crippen LogP contribution >= 0.6 is 0 Å². The highest BCUT2D eigenvalue weighted by Gasteiger charge is 2.31. The van der Waals surface area contributed by atoms with E-state index in [-0.39, 0.29) is 24.8 Å². The Balaban J connectivity index is 1.25. The van der Waals surface area contributed by atoms with Crippen LogP contribution in [0.15, 0.2) is 60.7 Å². The highest BCUT2D eigenvalue weighted by Crippen LogP contribution is 2.38. The number of carbonyl (C=O) groups excluding carboxylic acids is 2. The molecule has 0 saturated carbocycles. The Kier molecular flexibility index (Phi) is 4.63. The number of hydrogen-bond acceptors (Lipinski definition) is 4. The van der Waals surface area contributed by atoms with Crippen LogP contribution in [0.3, 0.4) is 0 Å². The highest BCUT2D eigenvalue weighted by atomic mass is 16.7. The summed E-state index contributed by atoms with van der Waals surface area (Å²) in [5.41, 5.74) is 6.57. The molecule has 1 fully saturated rings. The van der Waals surface area contributed by atoms with E-state index < -0.39 is 0 Å². The Labute approximate surface area is 173 Å². The van der Waals surface area contributed by atoms with Gasteiger partial charge in [0.1, 0.15) is 0 Å². The molecule has 0 bridgehead atoms. The second kappa shape index (κ2) is 7.59. The second-order valence-electron chi connectivity index (χ2n) is 7.41. The van der Waals surface area contributed by atoms with E-state index in [2.05, 4.69) is 10.9 Å². The largest absolute Gasteiger partial charge is 0.454 e. The number of benzene rings is 3. The minimum atomic E-state index is -0.354. The maximum absolute atomic E-state index is 12.8. The number of rotatable bonds is 2. The molecule has 152 valence electrons. The smallest absolute Gasteiger partial charge is 0.336 e. The van der Waals surface area contributed by atoms with E-state index in [1.54, 1.807) is 11.0 Å². The Morgan fingerprint density at radius 2 is 1.73 bits per heavy atom. The van der Waals surface area contributed by atoms with Gasteiger partial charge in [0.05, 0.1) is 6.04 Å². The topological polar surface area (TPSA) is 79.9 Å². The third-order valence-corrected chi connectivity index (χ3v) is 5.59. The van der Waals surface area contributed by atoms with Crippen LogP contribution in [0.5, 0.6) is 11.5 Å². The molecule has 1 atom stereocenters. The van der Waals surface area contributed by atoms with E-state index in [9.17, 15) is 9.59 Å². The molecule has 2 N–H and O–H groups in total. The molecule has 1 saturated heterocycles. The maximum Gasteiger partial charge on any atom is 0.336 e. The van der Waals surface area contributed by atoms with Crippen LogP contribution in [0.2, 0.25) is 0 Å². The lowest BCUT2D eigenvalue weighted by atomic mass is 10.0. The van der Waals surface area contributed by atoms with Gasteiger partial charge >= 0.3 is 6.03 Å². The summed E-state index contributed by atoms with van der Waals surface area (Å²) in [6.45, 7) is 0.839. The number of fused-ring (bicyclic) bond motifs is 2. The van der Waals surface area contributed by atoms with Crippen molar-refractivity contribution in [1.29, 1.82) is 0 Å². The van der Waals surface area contributed by atoms with Gasteiger partial charge in [-0.25, -0.2) is 10.2 Å². The van der Waals surface area contributed by atoms with E-state index in [1.807, 2.05) is 54.6 Å². The zero-order valence-corrected chi connectivity index (χ0v) is 16.3. The fourth-order valence-corrected chi connectivity index (χ4v) is 4.06. The Morgan fingerprint density at radius 3 is 2.63 bits per heavy atom. The van der Waals surface area contributed by atoms with Gasteiger partial charge in [0.2, 0.25) is 6.79 Å². The molecule has 0 aliphatic carbocycles. The van der Waals surface area contributed by atoms with Gasteiger partial charge in [0, 0.05) is 12.1 Å². The number of hydrazine groups is 1.